The molecule has 2 heterocycles. The van der Waals surface area contributed by atoms with Crippen LogP contribution in [-0.4, -0.2) is 40.4 Å². The average Bonchev–Trinajstić information content (AvgIpc) is 2.81. The Labute approximate surface area is 115 Å². The van der Waals surface area contributed by atoms with Crippen LogP contribution in [0.15, 0.2) is 22.8 Å². The minimum atomic E-state index is -3.00. The Balaban J connectivity index is 1.99. The Morgan fingerprint density at radius 3 is 2.74 bits per heavy atom. The van der Waals surface area contributed by atoms with Gasteiger partial charge in [-0.25, -0.2) is 8.42 Å². The SMILES string of the molecule is C[Si](C)(C)OC1CS(=O)(=O)CC1NCc1ccco1. The predicted octanol–water partition coefficient (Wildman–Crippen LogP) is 1.39. The highest BCUT2D eigenvalue weighted by Crippen LogP contribution is 2.20. The van der Waals surface area contributed by atoms with Gasteiger partial charge in [-0.05, 0) is 31.8 Å². The van der Waals surface area contributed by atoms with Gasteiger partial charge >= 0.3 is 0 Å². The van der Waals surface area contributed by atoms with Crippen LogP contribution in [0.1, 0.15) is 5.76 Å². The molecule has 19 heavy (non-hydrogen) atoms. The first-order valence-corrected chi connectivity index (χ1v) is 11.6. The molecule has 0 saturated carbocycles. The van der Waals surface area contributed by atoms with Gasteiger partial charge in [-0.1, -0.05) is 0 Å². The number of sulfone groups is 1. The summed E-state index contributed by atoms with van der Waals surface area (Å²) in [6.45, 7) is 6.74. The Morgan fingerprint density at radius 1 is 1.42 bits per heavy atom. The van der Waals surface area contributed by atoms with Gasteiger partial charge in [0.25, 0.3) is 0 Å². The monoisotopic (exact) mass is 303 g/mol. The Hall–Kier alpha value is -0.633. The van der Waals surface area contributed by atoms with Crippen molar-refractivity contribution in [2.24, 2.45) is 0 Å². The zero-order chi connectivity index (χ0) is 14.1. The lowest BCUT2D eigenvalue weighted by molar-refractivity contribution is 0.182. The number of hydrogen-bond acceptors (Lipinski definition) is 5. The van der Waals surface area contributed by atoms with Crippen molar-refractivity contribution in [2.45, 2.75) is 38.3 Å². The first-order valence-electron chi connectivity index (χ1n) is 6.39. The molecule has 1 aromatic heterocycles. The van der Waals surface area contributed by atoms with E-state index in [1.54, 1.807) is 6.26 Å². The van der Waals surface area contributed by atoms with Crippen molar-refractivity contribution in [3.63, 3.8) is 0 Å². The van der Waals surface area contributed by atoms with Crippen LogP contribution in [0.5, 0.6) is 0 Å². The maximum atomic E-state index is 11.8. The topological polar surface area (TPSA) is 68.5 Å². The van der Waals surface area contributed by atoms with Crippen LogP contribution in [-0.2, 0) is 20.8 Å². The molecule has 1 N–H and O–H groups in total. The fraction of sp³-hybridized carbons (Fsp3) is 0.667. The molecular weight excluding hydrogens is 282 g/mol. The second-order valence-corrected chi connectivity index (χ2v) is 12.5. The van der Waals surface area contributed by atoms with Crippen LogP contribution in [0.2, 0.25) is 19.6 Å². The highest BCUT2D eigenvalue weighted by atomic mass is 32.2. The van der Waals surface area contributed by atoms with E-state index in [-0.39, 0.29) is 23.7 Å². The molecule has 2 atom stereocenters. The Kier molecular flexibility index (Phi) is 4.19. The maximum absolute atomic E-state index is 11.8. The largest absolute Gasteiger partial charge is 0.468 e. The van der Waals surface area contributed by atoms with Crippen molar-refractivity contribution in [1.82, 2.24) is 5.32 Å². The number of furan rings is 1. The van der Waals surface area contributed by atoms with Crippen LogP contribution in [0.4, 0.5) is 0 Å². The number of rotatable bonds is 5. The highest BCUT2D eigenvalue weighted by Gasteiger charge is 2.40. The first-order chi connectivity index (χ1) is 8.75. The van der Waals surface area contributed by atoms with E-state index >= 15 is 0 Å². The van der Waals surface area contributed by atoms with Gasteiger partial charge in [-0.2, -0.15) is 0 Å². The van der Waals surface area contributed by atoms with E-state index < -0.39 is 18.2 Å². The molecule has 5 nitrogen and oxygen atoms in total. The van der Waals surface area contributed by atoms with Crippen molar-refractivity contribution in [1.29, 1.82) is 0 Å². The van der Waals surface area contributed by atoms with Crippen LogP contribution >= 0.6 is 0 Å². The van der Waals surface area contributed by atoms with Gasteiger partial charge in [0.1, 0.15) is 5.76 Å². The molecular formula is C12H21NO4SSi. The van der Waals surface area contributed by atoms with E-state index in [1.807, 2.05) is 12.1 Å². The molecule has 0 radical (unpaired) electrons. The zero-order valence-corrected chi connectivity index (χ0v) is 13.4. The smallest absolute Gasteiger partial charge is 0.184 e. The standard InChI is InChI=1S/C12H21NO4SSi/c1-19(2,3)17-12-9-18(14,15)8-11(12)13-7-10-5-4-6-16-10/h4-6,11-13H,7-9H2,1-3H3. The molecule has 1 aromatic rings. The van der Waals surface area contributed by atoms with Crippen molar-refractivity contribution in [2.75, 3.05) is 11.5 Å². The quantitative estimate of drug-likeness (QED) is 0.833. The van der Waals surface area contributed by atoms with Crippen molar-refractivity contribution >= 4 is 18.2 Å². The van der Waals surface area contributed by atoms with E-state index in [0.717, 1.165) is 5.76 Å². The Bertz CT molecular complexity index is 506. The molecule has 1 saturated heterocycles. The molecule has 0 amide bonds. The lowest BCUT2D eigenvalue weighted by atomic mass is 10.2. The second-order valence-electron chi connectivity index (χ2n) is 5.91. The number of nitrogens with one attached hydrogen (secondary N) is 1. The van der Waals surface area contributed by atoms with Crippen LogP contribution in [0.25, 0.3) is 0 Å². The van der Waals surface area contributed by atoms with Gasteiger partial charge in [-0.15, -0.1) is 0 Å². The van der Waals surface area contributed by atoms with E-state index in [2.05, 4.69) is 25.0 Å². The lowest BCUT2D eigenvalue weighted by Crippen LogP contribution is -2.44. The lowest BCUT2D eigenvalue weighted by Gasteiger charge is -2.27. The zero-order valence-electron chi connectivity index (χ0n) is 11.5. The molecule has 1 fully saturated rings. The van der Waals surface area contributed by atoms with E-state index in [4.69, 9.17) is 8.84 Å². The van der Waals surface area contributed by atoms with E-state index in [0.29, 0.717) is 6.54 Å². The third kappa shape index (κ3) is 4.45. The summed E-state index contributed by atoms with van der Waals surface area (Å²) in [5, 5.41) is 3.24. The minimum absolute atomic E-state index is 0.118. The fourth-order valence-corrected chi connectivity index (χ4v) is 5.31. The summed E-state index contributed by atoms with van der Waals surface area (Å²) >= 11 is 0. The van der Waals surface area contributed by atoms with E-state index in [9.17, 15) is 8.42 Å². The van der Waals surface area contributed by atoms with Crippen LogP contribution < -0.4 is 5.32 Å². The summed E-state index contributed by atoms with van der Waals surface area (Å²) in [5.74, 6) is 1.06. The van der Waals surface area contributed by atoms with Gasteiger partial charge in [-0.3, -0.25) is 0 Å². The van der Waals surface area contributed by atoms with Crippen molar-refractivity contribution < 1.29 is 17.3 Å². The Morgan fingerprint density at radius 2 is 2.16 bits per heavy atom. The third-order valence-corrected chi connectivity index (χ3v) is 5.64. The highest BCUT2D eigenvalue weighted by molar-refractivity contribution is 7.91. The van der Waals surface area contributed by atoms with E-state index in [1.165, 1.54) is 0 Å². The molecule has 108 valence electrons. The first kappa shape index (κ1) is 14.8. The molecule has 0 bridgehead atoms. The summed E-state index contributed by atoms with van der Waals surface area (Å²) in [7, 11) is -4.75. The van der Waals surface area contributed by atoms with Gasteiger partial charge in [0.15, 0.2) is 18.2 Å². The fourth-order valence-electron chi connectivity index (χ4n) is 2.22. The predicted molar refractivity (Wildman–Crippen MR) is 76.2 cm³/mol. The second kappa shape index (κ2) is 5.39. The summed E-state index contributed by atoms with van der Waals surface area (Å²) in [6, 6.07) is 3.53. The molecule has 1 aliphatic rings. The van der Waals surface area contributed by atoms with Gasteiger partial charge in [0.05, 0.1) is 30.4 Å². The molecule has 0 aliphatic carbocycles. The third-order valence-electron chi connectivity index (χ3n) is 2.92. The maximum Gasteiger partial charge on any atom is 0.184 e. The summed E-state index contributed by atoms with van der Waals surface area (Å²) in [5.41, 5.74) is 0. The molecule has 2 rings (SSSR count). The summed E-state index contributed by atoms with van der Waals surface area (Å²) in [4.78, 5) is 0. The normalized spacial score (nSPS) is 26.7. The minimum Gasteiger partial charge on any atom is -0.468 e. The summed E-state index contributed by atoms with van der Waals surface area (Å²) in [6.07, 6.45) is 1.37. The molecule has 0 spiro atoms. The molecule has 2 unspecified atom stereocenters. The van der Waals surface area contributed by atoms with Gasteiger partial charge < -0.3 is 14.2 Å². The average molecular weight is 303 g/mol. The van der Waals surface area contributed by atoms with Crippen LogP contribution in [0, 0.1) is 0 Å². The van der Waals surface area contributed by atoms with Crippen molar-refractivity contribution in [3.05, 3.63) is 24.2 Å². The summed E-state index contributed by atoms with van der Waals surface area (Å²) < 4.78 is 34.8. The molecule has 1 aliphatic heterocycles. The van der Waals surface area contributed by atoms with Crippen LogP contribution in [0.3, 0.4) is 0 Å². The molecule has 0 aromatic carbocycles. The molecule has 7 heteroatoms. The number of hydrogen-bond donors (Lipinski definition) is 1. The van der Waals surface area contributed by atoms with Gasteiger partial charge in [0, 0.05) is 6.04 Å². The van der Waals surface area contributed by atoms with Gasteiger partial charge in [0.2, 0.25) is 0 Å². The van der Waals surface area contributed by atoms with Crippen molar-refractivity contribution in [3.8, 4) is 0 Å².